The molecule has 0 bridgehead atoms. The highest BCUT2D eigenvalue weighted by atomic mass is 16.2. The van der Waals surface area contributed by atoms with Gasteiger partial charge in [0.05, 0.1) is 11.8 Å². The van der Waals surface area contributed by atoms with Crippen LogP contribution in [0.3, 0.4) is 0 Å². The minimum absolute atomic E-state index is 0.0436. The van der Waals surface area contributed by atoms with Crippen molar-refractivity contribution in [3.8, 4) is 0 Å². The number of hydrogen-bond donors (Lipinski definition) is 1. The van der Waals surface area contributed by atoms with Gasteiger partial charge in [0.1, 0.15) is 0 Å². The summed E-state index contributed by atoms with van der Waals surface area (Å²) in [7, 11) is 1.83. The number of aryl methyl sites for hydroxylation is 1. The van der Waals surface area contributed by atoms with E-state index in [1.807, 2.05) is 33.0 Å². The molecular weight excluding hydrogens is 240 g/mol. The van der Waals surface area contributed by atoms with Crippen molar-refractivity contribution in [3.63, 3.8) is 0 Å². The smallest absolute Gasteiger partial charge is 0.261 e. The molecule has 0 atom stereocenters. The zero-order valence-electron chi connectivity index (χ0n) is 11.4. The van der Waals surface area contributed by atoms with Crippen LogP contribution in [0.25, 0.3) is 0 Å². The number of rotatable bonds is 3. The van der Waals surface area contributed by atoms with Crippen LogP contribution in [0.1, 0.15) is 23.0 Å². The Morgan fingerprint density at radius 1 is 1.37 bits per heavy atom. The molecule has 1 aromatic heterocycles. The Labute approximate surface area is 112 Å². The molecule has 0 radical (unpaired) electrons. The van der Waals surface area contributed by atoms with E-state index in [0.717, 1.165) is 11.4 Å². The standard InChI is InChI=1S/C14H18N4O/c1-4-18(12-7-5-11(15)6-8-12)14(19)13-9-16-17(3)10(13)2/h5-9H,4,15H2,1-3H3. The van der Waals surface area contributed by atoms with Crippen LogP contribution in [0.5, 0.6) is 0 Å². The number of aromatic nitrogens is 2. The van der Waals surface area contributed by atoms with Crippen LogP contribution >= 0.6 is 0 Å². The third kappa shape index (κ3) is 2.45. The Bertz CT molecular complexity index is 586. The molecule has 0 saturated heterocycles. The summed E-state index contributed by atoms with van der Waals surface area (Å²) in [6, 6.07) is 7.29. The fraction of sp³-hybridized carbons (Fsp3) is 0.286. The minimum Gasteiger partial charge on any atom is -0.399 e. The maximum absolute atomic E-state index is 12.5. The highest BCUT2D eigenvalue weighted by Gasteiger charge is 2.20. The Kier molecular flexibility index (Phi) is 3.55. The molecule has 1 amide bonds. The van der Waals surface area contributed by atoms with Crippen molar-refractivity contribution in [1.29, 1.82) is 0 Å². The Balaban J connectivity index is 2.34. The Morgan fingerprint density at radius 3 is 2.47 bits per heavy atom. The van der Waals surface area contributed by atoms with Crippen molar-refractivity contribution in [2.75, 3.05) is 17.2 Å². The van der Waals surface area contributed by atoms with Crippen molar-refractivity contribution >= 4 is 17.3 Å². The lowest BCUT2D eigenvalue weighted by Crippen LogP contribution is -2.30. The van der Waals surface area contributed by atoms with Gasteiger partial charge < -0.3 is 10.6 Å². The van der Waals surface area contributed by atoms with Gasteiger partial charge in [-0.15, -0.1) is 0 Å². The van der Waals surface area contributed by atoms with Crippen LogP contribution in [-0.2, 0) is 7.05 Å². The topological polar surface area (TPSA) is 64.2 Å². The van der Waals surface area contributed by atoms with E-state index in [4.69, 9.17) is 5.73 Å². The average molecular weight is 258 g/mol. The van der Waals surface area contributed by atoms with Crippen molar-refractivity contribution < 1.29 is 4.79 Å². The second-order valence-electron chi connectivity index (χ2n) is 4.41. The molecule has 0 aliphatic rings. The molecule has 0 fully saturated rings. The van der Waals surface area contributed by atoms with E-state index in [1.54, 1.807) is 27.9 Å². The quantitative estimate of drug-likeness (QED) is 0.856. The lowest BCUT2D eigenvalue weighted by atomic mass is 10.2. The van der Waals surface area contributed by atoms with Gasteiger partial charge in [-0.1, -0.05) is 0 Å². The van der Waals surface area contributed by atoms with Crippen LogP contribution in [-0.4, -0.2) is 22.2 Å². The summed E-state index contributed by atoms with van der Waals surface area (Å²) < 4.78 is 1.70. The molecule has 5 heteroatoms. The zero-order chi connectivity index (χ0) is 14.0. The molecule has 0 aliphatic carbocycles. The van der Waals surface area contributed by atoms with Crippen LogP contribution in [0, 0.1) is 6.92 Å². The fourth-order valence-corrected chi connectivity index (χ4v) is 1.95. The van der Waals surface area contributed by atoms with E-state index in [1.165, 1.54) is 0 Å². The number of nitrogens with zero attached hydrogens (tertiary/aromatic N) is 3. The molecule has 2 rings (SSSR count). The van der Waals surface area contributed by atoms with Gasteiger partial charge in [-0.3, -0.25) is 9.48 Å². The average Bonchev–Trinajstić information content (AvgIpc) is 2.73. The van der Waals surface area contributed by atoms with Crippen LogP contribution in [0.2, 0.25) is 0 Å². The van der Waals surface area contributed by atoms with Gasteiger partial charge in [0.2, 0.25) is 0 Å². The molecule has 19 heavy (non-hydrogen) atoms. The maximum atomic E-state index is 12.5. The SMILES string of the molecule is CCN(C(=O)c1cnn(C)c1C)c1ccc(N)cc1. The van der Waals surface area contributed by atoms with E-state index in [2.05, 4.69) is 5.10 Å². The van der Waals surface area contributed by atoms with Crippen LogP contribution in [0.15, 0.2) is 30.5 Å². The zero-order valence-corrected chi connectivity index (χ0v) is 11.4. The summed E-state index contributed by atoms with van der Waals surface area (Å²) in [5.41, 5.74) is 8.68. The summed E-state index contributed by atoms with van der Waals surface area (Å²) >= 11 is 0. The molecule has 1 heterocycles. The molecule has 100 valence electrons. The van der Waals surface area contributed by atoms with Crippen molar-refractivity contribution in [3.05, 3.63) is 41.7 Å². The van der Waals surface area contributed by atoms with E-state index in [0.29, 0.717) is 17.8 Å². The number of anilines is 2. The number of hydrogen-bond acceptors (Lipinski definition) is 3. The van der Waals surface area contributed by atoms with Gasteiger partial charge in [-0.05, 0) is 38.1 Å². The minimum atomic E-state index is -0.0436. The van der Waals surface area contributed by atoms with Crippen molar-refractivity contribution in [2.24, 2.45) is 7.05 Å². The molecular formula is C14H18N4O. The molecule has 2 aromatic rings. The van der Waals surface area contributed by atoms with E-state index >= 15 is 0 Å². The van der Waals surface area contributed by atoms with Gasteiger partial charge in [-0.2, -0.15) is 5.10 Å². The van der Waals surface area contributed by atoms with Gasteiger partial charge in [0.15, 0.2) is 0 Å². The summed E-state index contributed by atoms with van der Waals surface area (Å²) in [6.07, 6.45) is 1.61. The fourth-order valence-electron chi connectivity index (χ4n) is 1.95. The van der Waals surface area contributed by atoms with Crippen molar-refractivity contribution in [1.82, 2.24) is 9.78 Å². The first-order valence-corrected chi connectivity index (χ1v) is 6.20. The number of carbonyl (C=O) groups excluding carboxylic acids is 1. The summed E-state index contributed by atoms with van der Waals surface area (Å²) in [6.45, 7) is 4.42. The molecule has 0 spiro atoms. The second kappa shape index (κ2) is 5.14. The molecule has 0 aliphatic heterocycles. The second-order valence-corrected chi connectivity index (χ2v) is 4.41. The summed E-state index contributed by atoms with van der Waals surface area (Å²) in [4.78, 5) is 14.2. The monoisotopic (exact) mass is 258 g/mol. The number of carbonyl (C=O) groups is 1. The van der Waals surface area contributed by atoms with Crippen LogP contribution < -0.4 is 10.6 Å². The highest BCUT2D eigenvalue weighted by Crippen LogP contribution is 2.19. The first-order chi connectivity index (χ1) is 9.04. The number of nitrogens with two attached hydrogens (primary N) is 1. The first kappa shape index (κ1) is 13.1. The predicted molar refractivity (Wildman–Crippen MR) is 76.1 cm³/mol. The highest BCUT2D eigenvalue weighted by molar-refractivity contribution is 6.06. The van der Waals surface area contributed by atoms with E-state index < -0.39 is 0 Å². The molecule has 5 nitrogen and oxygen atoms in total. The largest absolute Gasteiger partial charge is 0.399 e. The third-order valence-corrected chi connectivity index (χ3v) is 3.23. The lowest BCUT2D eigenvalue weighted by Gasteiger charge is -2.21. The molecule has 0 saturated carbocycles. The van der Waals surface area contributed by atoms with Crippen molar-refractivity contribution in [2.45, 2.75) is 13.8 Å². The third-order valence-electron chi connectivity index (χ3n) is 3.23. The Morgan fingerprint density at radius 2 is 2.00 bits per heavy atom. The molecule has 0 unspecified atom stereocenters. The lowest BCUT2D eigenvalue weighted by molar-refractivity contribution is 0.0987. The molecule has 1 aromatic carbocycles. The van der Waals surface area contributed by atoms with Gasteiger partial charge in [0, 0.05) is 30.7 Å². The number of benzene rings is 1. The summed E-state index contributed by atoms with van der Waals surface area (Å²) in [5, 5.41) is 4.11. The normalized spacial score (nSPS) is 10.5. The first-order valence-electron chi connectivity index (χ1n) is 6.20. The van der Waals surface area contributed by atoms with E-state index in [-0.39, 0.29) is 5.91 Å². The number of nitrogen functional groups attached to an aromatic ring is 1. The number of amides is 1. The molecule has 2 N–H and O–H groups in total. The van der Waals surface area contributed by atoms with Crippen LogP contribution in [0.4, 0.5) is 11.4 Å². The van der Waals surface area contributed by atoms with Gasteiger partial charge in [-0.25, -0.2) is 0 Å². The van der Waals surface area contributed by atoms with Gasteiger partial charge >= 0.3 is 0 Å². The van der Waals surface area contributed by atoms with E-state index in [9.17, 15) is 4.79 Å². The Hall–Kier alpha value is -2.30. The van der Waals surface area contributed by atoms with Gasteiger partial charge in [0.25, 0.3) is 5.91 Å². The maximum Gasteiger partial charge on any atom is 0.261 e. The predicted octanol–water partition coefficient (Wildman–Crippen LogP) is 1.98. The summed E-state index contributed by atoms with van der Waals surface area (Å²) in [5.74, 6) is -0.0436.